The van der Waals surface area contributed by atoms with Crippen molar-refractivity contribution < 1.29 is 9.18 Å². The fourth-order valence-corrected chi connectivity index (χ4v) is 4.45. The van der Waals surface area contributed by atoms with Gasteiger partial charge in [0.25, 0.3) is 5.91 Å². The van der Waals surface area contributed by atoms with Gasteiger partial charge in [0, 0.05) is 36.3 Å². The van der Waals surface area contributed by atoms with Crippen LogP contribution in [0.25, 0.3) is 10.8 Å². The molecular formula is C25H27FN4O. The molecule has 1 saturated heterocycles. The number of nitrogens with one attached hydrogen (secondary N) is 1. The Morgan fingerprint density at radius 3 is 2.55 bits per heavy atom. The van der Waals surface area contributed by atoms with Crippen molar-refractivity contribution in [3.8, 4) is 0 Å². The second kappa shape index (κ2) is 7.31. The van der Waals surface area contributed by atoms with Crippen LogP contribution in [0.1, 0.15) is 34.3 Å². The molecule has 0 bridgehead atoms. The van der Waals surface area contributed by atoms with Crippen molar-refractivity contribution in [3.63, 3.8) is 0 Å². The second-order valence-corrected chi connectivity index (χ2v) is 9.06. The molecule has 2 aromatic carbocycles. The summed E-state index contributed by atoms with van der Waals surface area (Å²) in [5.74, 6) is 0.504. The Labute approximate surface area is 181 Å². The molecule has 1 aliphatic carbocycles. The van der Waals surface area contributed by atoms with E-state index < -0.39 is 5.54 Å². The van der Waals surface area contributed by atoms with Gasteiger partial charge in [-0.1, -0.05) is 30.3 Å². The zero-order chi connectivity index (χ0) is 21.8. The fraction of sp³-hybridized carbons (Fsp3) is 0.360. The van der Waals surface area contributed by atoms with Crippen molar-refractivity contribution in [3.05, 3.63) is 71.2 Å². The van der Waals surface area contributed by atoms with Crippen LogP contribution in [0.4, 0.5) is 10.2 Å². The number of carbonyl (C=O) groups excluding carboxylic acids is 1. The van der Waals surface area contributed by atoms with Gasteiger partial charge in [0.15, 0.2) is 0 Å². The molecule has 1 aromatic heterocycles. The van der Waals surface area contributed by atoms with E-state index in [0.717, 1.165) is 48.3 Å². The van der Waals surface area contributed by atoms with Gasteiger partial charge >= 0.3 is 0 Å². The van der Waals surface area contributed by atoms with Gasteiger partial charge in [-0.25, -0.2) is 9.37 Å². The number of aromatic nitrogens is 1. The van der Waals surface area contributed by atoms with E-state index in [9.17, 15) is 9.18 Å². The molecule has 3 aromatic rings. The molecule has 0 unspecified atom stereocenters. The maximum atomic E-state index is 14.3. The zero-order valence-electron chi connectivity index (χ0n) is 18.2. The van der Waals surface area contributed by atoms with Crippen LogP contribution in [-0.2, 0) is 5.54 Å². The van der Waals surface area contributed by atoms with E-state index in [0.29, 0.717) is 17.0 Å². The molecule has 1 aliphatic heterocycles. The van der Waals surface area contributed by atoms with Crippen molar-refractivity contribution in [2.75, 3.05) is 32.1 Å². The summed E-state index contributed by atoms with van der Waals surface area (Å²) in [5, 5.41) is 4.72. The largest absolute Gasteiger partial charge is 0.353 e. The van der Waals surface area contributed by atoms with E-state index in [1.165, 1.54) is 6.07 Å². The average Bonchev–Trinajstić information content (AvgIpc) is 3.48. The van der Waals surface area contributed by atoms with Crippen molar-refractivity contribution in [1.82, 2.24) is 15.2 Å². The monoisotopic (exact) mass is 418 g/mol. The summed E-state index contributed by atoms with van der Waals surface area (Å²) >= 11 is 0. The third-order valence-corrected chi connectivity index (χ3v) is 6.74. The van der Waals surface area contributed by atoms with Crippen LogP contribution in [0.5, 0.6) is 0 Å². The standard InChI is InChI=1S/C25H27FN4O/c1-16-13-27-23(30-14-17(15-30)29(2)3)12-20(16)24(31)28-25(10-11-25)21-8-9-22(26)19-7-5-4-6-18(19)21/h4-9,12-13,17H,10-11,14-15H2,1-3H3,(H,28,31). The Bertz CT molecular complexity index is 1170. The lowest BCUT2D eigenvalue weighted by Crippen LogP contribution is -2.57. The summed E-state index contributed by atoms with van der Waals surface area (Å²) in [6.45, 7) is 3.74. The van der Waals surface area contributed by atoms with Crippen LogP contribution < -0.4 is 10.2 Å². The van der Waals surface area contributed by atoms with Gasteiger partial charge < -0.3 is 15.1 Å². The summed E-state index contributed by atoms with van der Waals surface area (Å²) in [7, 11) is 4.16. The number of fused-ring (bicyclic) bond motifs is 1. The van der Waals surface area contributed by atoms with Crippen LogP contribution in [0.2, 0.25) is 0 Å². The maximum absolute atomic E-state index is 14.3. The number of aryl methyl sites for hydroxylation is 1. The minimum absolute atomic E-state index is 0.100. The van der Waals surface area contributed by atoms with Gasteiger partial charge in [0.2, 0.25) is 0 Å². The van der Waals surface area contributed by atoms with Crippen LogP contribution in [-0.4, -0.2) is 49.0 Å². The van der Waals surface area contributed by atoms with Gasteiger partial charge in [-0.3, -0.25) is 4.79 Å². The lowest BCUT2D eigenvalue weighted by molar-refractivity contribution is 0.0930. The third kappa shape index (κ3) is 3.45. The van der Waals surface area contributed by atoms with Gasteiger partial charge in [-0.05, 0) is 62.5 Å². The summed E-state index contributed by atoms with van der Waals surface area (Å²) in [4.78, 5) is 22.3. The van der Waals surface area contributed by atoms with Crippen molar-refractivity contribution in [2.24, 2.45) is 0 Å². The molecule has 6 heteroatoms. The van der Waals surface area contributed by atoms with Crippen LogP contribution in [0.3, 0.4) is 0 Å². The van der Waals surface area contributed by atoms with Crippen LogP contribution >= 0.6 is 0 Å². The topological polar surface area (TPSA) is 48.5 Å². The number of anilines is 1. The molecule has 31 heavy (non-hydrogen) atoms. The highest BCUT2D eigenvalue weighted by Crippen LogP contribution is 2.48. The van der Waals surface area contributed by atoms with E-state index >= 15 is 0 Å². The van der Waals surface area contributed by atoms with Crippen molar-refractivity contribution >= 4 is 22.5 Å². The molecule has 0 radical (unpaired) electrons. The third-order valence-electron chi connectivity index (χ3n) is 6.74. The SMILES string of the molecule is Cc1cnc(N2CC(N(C)C)C2)cc1C(=O)NC1(c2ccc(F)c3ccccc23)CC1. The molecular weight excluding hydrogens is 391 g/mol. The predicted octanol–water partition coefficient (Wildman–Crippen LogP) is 3.85. The molecule has 0 spiro atoms. The van der Waals surface area contributed by atoms with Gasteiger partial charge in [0.05, 0.1) is 5.54 Å². The minimum Gasteiger partial charge on any atom is -0.353 e. The highest BCUT2D eigenvalue weighted by molar-refractivity contribution is 5.98. The molecule has 1 N–H and O–H groups in total. The van der Waals surface area contributed by atoms with E-state index in [2.05, 4.69) is 34.2 Å². The Hall–Kier alpha value is -2.99. The highest BCUT2D eigenvalue weighted by Gasteiger charge is 2.47. The number of likely N-dealkylation sites (N-methyl/N-ethyl adjacent to an activating group) is 1. The summed E-state index contributed by atoms with van der Waals surface area (Å²) in [5.41, 5.74) is 2.05. The Morgan fingerprint density at radius 1 is 1.16 bits per heavy atom. The van der Waals surface area contributed by atoms with Crippen molar-refractivity contribution in [1.29, 1.82) is 0 Å². The number of amides is 1. The van der Waals surface area contributed by atoms with E-state index in [1.807, 2.05) is 37.3 Å². The van der Waals surface area contributed by atoms with E-state index in [4.69, 9.17) is 0 Å². The number of halogens is 1. The molecule has 5 nitrogen and oxygen atoms in total. The second-order valence-electron chi connectivity index (χ2n) is 9.06. The average molecular weight is 419 g/mol. The molecule has 5 rings (SSSR count). The minimum atomic E-state index is -0.437. The quantitative estimate of drug-likeness (QED) is 0.684. The zero-order valence-corrected chi connectivity index (χ0v) is 18.2. The smallest absolute Gasteiger partial charge is 0.252 e. The molecule has 2 heterocycles. The van der Waals surface area contributed by atoms with Gasteiger partial charge in [0.1, 0.15) is 11.6 Å². The van der Waals surface area contributed by atoms with Crippen LogP contribution in [0, 0.1) is 12.7 Å². The molecule has 2 fully saturated rings. The lowest BCUT2D eigenvalue weighted by Gasteiger charge is -2.43. The number of hydrogen-bond donors (Lipinski definition) is 1. The first-order valence-corrected chi connectivity index (χ1v) is 10.8. The van der Waals surface area contributed by atoms with E-state index in [1.54, 1.807) is 12.3 Å². The van der Waals surface area contributed by atoms with Crippen LogP contribution in [0.15, 0.2) is 48.7 Å². The highest BCUT2D eigenvalue weighted by atomic mass is 19.1. The molecule has 1 amide bonds. The summed E-state index contributed by atoms with van der Waals surface area (Å²) in [6.07, 6.45) is 3.48. The molecule has 1 saturated carbocycles. The molecule has 2 aliphatic rings. The number of nitrogens with zero attached hydrogens (tertiary/aromatic N) is 3. The van der Waals surface area contributed by atoms with Crippen molar-refractivity contribution in [2.45, 2.75) is 31.3 Å². The normalized spacial score (nSPS) is 17.6. The number of carbonyl (C=O) groups is 1. The van der Waals surface area contributed by atoms with Gasteiger partial charge in [-0.2, -0.15) is 0 Å². The number of benzene rings is 2. The fourth-order valence-electron chi connectivity index (χ4n) is 4.45. The summed E-state index contributed by atoms with van der Waals surface area (Å²) < 4.78 is 14.3. The molecule has 0 atom stereocenters. The number of pyridine rings is 1. The molecule has 160 valence electrons. The Kier molecular flexibility index (Phi) is 4.70. The van der Waals surface area contributed by atoms with Gasteiger partial charge in [-0.15, -0.1) is 0 Å². The lowest BCUT2D eigenvalue weighted by atomic mass is 9.96. The first-order valence-electron chi connectivity index (χ1n) is 10.8. The van der Waals surface area contributed by atoms with E-state index in [-0.39, 0.29) is 11.7 Å². The number of rotatable bonds is 5. The maximum Gasteiger partial charge on any atom is 0.252 e. The Balaban J connectivity index is 1.41. The summed E-state index contributed by atoms with van der Waals surface area (Å²) in [6, 6.07) is 13.2. The first-order chi connectivity index (χ1) is 14.9. The predicted molar refractivity (Wildman–Crippen MR) is 121 cm³/mol. The Morgan fingerprint density at radius 2 is 1.87 bits per heavy atom. The first kappa shape index (κ1) is 19.9. The number of hydrogen-bond acceptors (Lipinski definition) is 4.